The van der Waals surface area contributed by atoms with Gasteiger partial charge in [0.05, 0.1) is 18.3 Å². The highest BCUT2D eigenvalue weighted by Gasteiger charge is 2.26. The minimum absolute atomic E-state index is 0.709. The van der Waals surface area contributed by atoms with Crippen LogP contribution in [-0.4, -0.2) is 23.2 Å². The molecule has 3 nitrogen and oxygen atoms in total. The van der Waals surface area contributed by atoms with Crippen LogP contribution in [0.2, 0.25) is 5.02 Å². The zero-order chi connectivity index (χ0) is 13.2. The van der Waals surface area contributed by atoms with E-state index < -0.39 is 0 Å². The van der Waals surface area contributed by atoms with Gasteiger partial charge >= 0.3 is 0 Å². The molecule has 0 N–H and O–H groups in total. The Bertz CT molecular complexity index is 655. The van der Waals surface area contributed by atoms with Crippen LogP contribution in [0.15, 0.2) is 47.1 Å². The fourth-order valence-electron chi connectivity index (χ4n) is 2.06. The van der Waals surface area contributed by atoms with E-state index in [9.17, 15) is 0 Å². The lowest BCUT2D eigenvalue weighted by Gasteiger charge is -2.26. The Labute approximate surface area is 120 Å². The van der Waals surface area contributed by atoms with E-state index in [1.54, 1.807) is 17.8 Å². The van der Waals surface area contributed by atoms with E-state index in [0.717, 1.165) is 34.4 Å². The fraction of sp³-hybridized carbons (Fsp3) is 0.143. The molecule has 0 saturated heterocycles. The molecule has 0 amide bonds. The number of benzene rings is 1. The average Bonchev–Trinajstić information content (AvgIpc) is 2.87. The summed E-state index contributed by atoms with van der Waals surface area (Å²) in [4.78, 5) is 7.61. The topological polar surface area (TPSA) is 39.4 Å². The molecule has 1 aromatic rings. The molecule has 0 saturated carbocycles. The van der Waals surface area contributed by atoms with Gasteiger partial charge in [0.15, 0.2) is 5.17 Å². The number of fused-ring (bicyclic) bond motifs is 1. The van der Waals surface area contributed by atoms with Gasteiger partial charge in [-0.05, 0) is 23.8 Å². The first kappa shape index (κ1) is 12.3. The lowest BCUT2D eigenvalue weighted by atomic mass is 10.2. The van der Waals surface area contributed by atoms with Crippen molar-refractivity contribution in [2.45, 2.75) is 0 Å². The number of aliphatic imine (C=N–C) groups is 1. The number of nitrogens with zero attached hydrogens (tertiary/aromatic N) is 3. The van der Waals surface area contributed by atoms with Crippen molar-refractivity contribution in [3.8, 4) is 6.07 Å². The third kappa shape index (κ3) is 2.40. The molecule has 0 aromatic heterocycles. The summed E-state index contributed by atoms with van der Waals surface area (Å²) in [6.07, 6.45) is 3.58. The van der Waals surface area contributed by atoms with Crippen molar-refractivity contribution in [3.05, 3.63) is 52.7 Å². The summed E-state index contributed by atoms with van der Waals surface area (Å²) >= 11 is 7.65. The lowest BCUT2D eigenvalue weighted by Crippen LogP contribution is -2.26. The maximum atomic E-state index is 8.89. The van der Waals surface area contributed by atoms with Gasteiger partial charge in [0.25, 0.3) is 0 Å². The minimum Gasteiger partial charge on any atom is -0.318 e. The molecular weight excluding hydrogens is 278 g/mol. The maximum absolute atomic E-state index is 8.89. The molecule has 0 bridgehead atoms. The molecule has 0 aliphatic carbocycles. The van der Waals surface area contributed by atoms with E-state index in [4.69, 9.17) is 16.9 Å². The first-order chi connectivity index (χ1) is 9.28. The molecule has 2 aliphatic heterocycles. The van der Waals surface area contributed by atoms with Crippen molar-refractivity contribution in [2.75, 3.05) is 13.1 Å². The second-order valence-corrected chi connectivity index (χ2v) is 5.58. The number of hydrogen-bond acceptors (Lipinski definition) is 4. The largest absolute Gasteiger partial charge is 0.318 e. The molecule has 0 spiro atoms. The third-order valence-electron chi connectivity index (χ3n) is 2.92. The smallest absolute Gasteiger partial charge is 0.168 e. The second kappa shape index (κ2) is 5.12. The number of nitriles is 1. The first-order valence-electron chi connectivity index (χ1n) is 5.85. The summed E-state index contributed by atoms with van der Waals surface area (Å²) in [6, 6.07) is 9.81. The zero-order valence-corrected chi connectivity index (χ0v) is 11.6. The minimum atomic E-state index is 0.709. The van der Waals surface area contributed by atoms with E-state index in [2.05, 4.69) is 16.0 Å². The summed E-state index contributed by atoms with van der Waals surface area (Å²) < 4.78 is 0. The van der Waals surface area contributed by atoms with E-state index in [-0.39, 0.29) is 0 Å². The van der Waals surface area contributed by atoms with Gasteiger partial charge in [-0.2, -0.15) is 5.26 Å². The Morgan fingerprint density at radius 2 is 2.37 bits per heavy atom. The van der Waals surface area contributed by atoms with Crippen LogP contribution >= 0.6 is 23.4 Å². The quantitative estimate of drug-likeness (QED) is 0.742. The zero-order valence-electron chi connectivity index (χ0n) is 10.0. The molecule has 0 unspecified atom stereocenters. The Hall–Kier alpha value is -1.70. The molecule has 3 rings (SSSR count). The second-order valence-electron chi connectivity index (χ2n) is 4.14. The van der Waals surface area contributed by atoms with Gasteiger partial charge in [0, 0.05) is 22.5 Å². The van der Waals surface area contributed by atoms with E-state index in [1.165, 1.54) is 0 Å². The molecular formula is C14H10ClN3S. The summed E-state index contributed by atoms with van der Waals surface area (Å²) in [5.74, 6) is 0. The average molecular weight is 288 g/mol. The standard InChI is InChI=1S/C14H10ClN3S/c15-11-3-1-2-10(8-11)13-9-12(4-5-16)18-7-6-17-14(18)19-13/h1-4,8-9H,6-7H2/b12-4+. The highest BCUT2D eigenvalue weighted by atomic mass is 35.5. The van der Waals surface area contributed by atoms with Crippen LogP contribution in [0.5, 0.6) is 0 Å². The van der Waals surface area contributed by atoms with Gasteiger partial charge < -0.3 is 4.90 Å². The number of thioether (sulfide) groups is 1. The number of halogens is 1. The Morgan fingerprint density at radius 3 is 3.16 bits per heavy atom. The van der Waals surface area contributed by atoms with Crippen molar-refractivity contribution in [2.24, 2.45) is 4.99 Å². The van der Waals surface area contributed by atoms with Gasteiger partial charge in [0.2, 0.25) is 0 Å². The van der Waals surface area contributed by atoms with Gasteiger partial charge in [0.1, 0.15) is 0 Å². The molecule has 2 heterocycles. The van der Waals surface area contributed by atoms with Crippen molar-refractivity contribution in [1.82, 2.24) is 4.90 Å². The molecule has 0 atom stereocenters. The molecule has 94 valence electrons. The third-order valence-corrected chi connectivity index (χ3v) is 4.26. The number of hydrogen-bond donors (Lipinski definition) is 0. The van der Waals surface area contributed by atoms with Gasteiger partial charge in [-0.1, -0.05) is 35.5 Å². The maximum Gasteiger partial charge on any atom is 0.168 e. The Kier molecular flexibility index (Phi) is 3.33. The number of allylic oxidation sites excluding steroid dienone is 2. The van der Waals surface area contributed by atoms with Gasteiger partial charge in [-0.3, -0.25) is 4.99 Å². The predicted molar refractivity (Wildman–Crippen MR) is 79.7 cm³/mol. The van der Waals surface area contributed by atoms with E-state index >= 15 is 0 Å². The SMILES string of the molecule is N#C/C=C1\C=C(c2cccc(Cl)c2)SC2=NCCN21. The molecule has 0 fully saturated rings. The highest BCUT2D eigenvalue weighted by Crippen LogP contribution is 2.38. The summed E-state index contributed by atoms with van der Waals surface area (Å²) in [6.45, 7) is 1.62. The summed E-state index contributed by atoms with van der Waals surface area (Å²) in [5, 5.41) is 10.6. The Balaban J connectivity index is 2.05. The molecule has 1 aromatic carbocycles. The summed E-state index contributed by atoms with van der Waals surface area (Å²) in [5.41, 5.74) is 1.95. The van der Waals surface area contributed by atoms with Crippen LogP contribution in [0.3, 0.4) is 0 Å². The van der Waals surface area contributed by atoms with Crippen LogP contribution in [0.4, 0.5) is 0 Å². The highest BCUT2D eigenvalue weighted by molar-refractivity contribution is 8.21. The Morgan fingerprint density at radius 1 is 1.47 bits per heavy atom. The van der Waals surface area contributed by atoms with Gasteiger partial charge in [-0.15, -0.1) is 0 Å². The number of amidine groups is 1. The molecule has 5 heteroatoms. The van der Waals surface area contributed by atoms with Gasteiger partial charge in [-0.25, -0.2) is 0 Å². The lowest BCUT2D eigenvalue weighted by molar-refractivity contribution is 0.586. The molecule has 0 radical (unpaired) electrons. The van der Waals surface area contributed by atoms with Crippen molar-refractivity contribution >= 4 is 33.4 Å². The van der Waals surface area contributed by atoms with E-state index in [1.807, 2.05) is 30.3 Å². The van der Waals surface area contributed by atoms with Crippen LogP contribution in [0.1, 0.15) is 5.56 Å². The van der Waals surface area contributed by atoms with Crippen LogP contribution in [0, 0.1) is 11.3 Å². The van der Waals surface area contributed by atoms with Crippen LogP contribution in [0.25, 0.3) is 4.91 Å². The first-order valence-corrected chi connectivity index (χ1v) is 7.04. The summed E-state index contributed by atoms with van der Waals surface area (Å²) in [7, 11) is 0. The number of rotatable bonds is 1. The normalized spacial score (nSPS) is 19.8. The van der Waals surface area contributed by atoms with Crippen molar-refractivity contribution in [1.29, 1.82) is 5.26 Å². The van der Waals surface area contributed by atoms with Crippen LogP contribution in [-0.2, 0) is 0 Å². The van der Waals surface area contributed by atoms with Crippen molar-refractivity contribution < 1.29 is 0 Å². The monoisotopic (exact) mass is 287 g/mol. The van der Waals surface area contributed by atoms with Crippen LogP contribution < -0.4 is 0 Å². The molecule has 2 aliphatic rings. The molecule has 19 heavy (non-hydrogen) atoms. The predicted octanol–water partition coefficient (Wildman–Crippen LogP) is 3.51. The van der Waals surface area contributed by atoms with E-state index in [0.29, 0.717) is 5.02 Å². The fourth-order valence-corrected chi connectivity index (χ4v) is 3.34. The van der Waals surface area contributed by atoms with Crippen molar-refractivity contribution in [3.63, 3.8) is 0 Å².